The number of nitrogens with two attached hydrogens (primary N) is 1. The number of halogens is 1. The molecule has 70 valence electrons. The van der Waals surface area contributed by atoms with Gasteiger partial charge in [-0.1, -0.05) is 13.8 Å². The zero-order valence-corrected chi connectivity index (χ0v) is 7.79. The molecule has 1 heterocycles. The normalized spacial score (nSPS) is 30.2. The van der Waals surface area contributed by atoms with Crippen molar-refractivity contribution in [1.29, 1.82) is 0 Å². The van der Waals surface area contributed by atoms with Crippen LogP contribution in [0.5, 0.6) is 0 Å². The maximum Gasteiger partial charge on any atom is 0.126 e. The minimum Gasteiger partial charge on any atom is -0.327 e. The highest BCUT2D eigenvalue weighted by molar-refractivity contribution is 5.28. The molecule has 2 atom stereocenters. The van der Waals surface area contributed by atoms with Crippen LogP contribution in [0.2, 0.25) is 0 Å². The van der Waals surface area contributed by atoms with E-state index in [1.165, 1.54) is 18.3 Å². The zero-order valence-electron chi connectivity index (χ0n) is 7.79. The third-order valence-electron chi connectivity index (χ3n) is 2.97. The summed E-state index contributed by atoms with van der Waals surface area (Å²) in [6.07, 6.45) is 1.49. The Balaban J connectivity index is 2.29. The molecule has 0 aromatic carbocycles. The largest absolute Gasteiger partial charge is 0.327 e. The molecule has 0 aliphatic heterocycles. The van der Waals surface area contributed by atoms with Crippen LogP contribution in [-0.4, -0.2) is 11.0 Å². The molecule has 2 N–H and O–H groups in total. The first kappa shape index (κ1) is 8.63. The van der Waals surface area contributed by atoms with Crippen LogP contribution in [0.3, 0.4) is 0 Å². The fraction of sp³-hybridized carbons (Fsp3) is 0.500. The Morgan fingerprint density at radius 1 is 1.54 bits per heavy atom. The molecule has 3 heteroatoms. The van der Waals surface area contributed by atoms with Crippen LogP contribution >= 0.6 is 0 Å². The first-order valence-electron chi connectivity index (χ1n) is 4.40. The molecule has 1 aliphatic rings. The fourth-order valence-electron chi connectivity index (χ4n) is 1.83. The monoisotopic (exact) mass is 180 g/mol. The quantitative estimate of drug-likeness (QED) is 0.714. The lowest BCUT2D eigenvalue weighted by Gasteiger charge is -2.00. The molecule has 0 saturated heterocycles. The van der Waals surface area contributed by atoms with Crippen LogP contribution in [-0.2, 0) is 0 Å². The summed E-state index contributed by atoms with van der Waals surface area (Å²) in [7, 11) is 0. The predicted molar refractivity (Wildman–Crippen MR) is 48.7 cm³/mol. The number of pyridine rings is 1. The maximum absolute atomic E-state index is 12.9. The molecule has 0 amide bonds. The molecule has 2 nitrogen and oxygen atoms in total. The van der Waals surface area contributed by atoms with Crippen LogP contribution in [0.4, 0.5) is 4.39 Å². The SMILES string of the molecule is CC1(C)[C@H](N)[C@H]1c1cc(F)ccn1. The maximum atomic E-state index is 12.9. The fourth-order valence-corrected chi connectivity index (χ4v) is 1.83. The average molecular weight is 180 g/mol. The second-order valence-corrected chi connectivity index (χ2v) is 4.22. The molecule has 0 bridgehead atoms. The Morgan fingerprint density at radius 2 is 2.15 bits per heavy atom. The smallest absolute Gasteiger partial charge is 0.126 e. The van der Waals surface area contributed by atoms with Crippen molar-refractivity contribution in [3.63, 3.8) is 0 Å². The lowest BCUT2D eigenvalue weighted by atomic mass is 10.1. The minimum absolute atomic E-state index is 0.0702. The number of aromatic nitrogens is 1. The first-order valence-corrected chi connectivity index (χ1v) is 4.40. The topological polar surface area (TPSA) is 38.9 Å². The minimum atomic E-state index is -0.236. The van der Waals surface area contributed by atoms with Gasteiger partial charge in [-0.05, 0) is 17.5 Å². The van der Waals surface area contributed by atoms with Crippen molar-refractivity contribution in [3.05, 3.63) is 29.8 Å². The zero-order chi connectivity index (χ0) is 9.64. The van der Waals surface area contributed by atoms with Gasteiger partial charge in [0.1, 0.15) is 5.82 Å². The lowest BCUT2D eigenvalue weighted by molar-refractivity contribution is 0.588. The number of rotatable bonds is 1. The third kappa shape index (κ3) is 1.23. The molecule has 1 aromatic heterocycles. The molecular weight excluding hydrogens is 167 g/mol. The van der Waals surface area contributed by atoms with E-state index in [9.17, 15) is 4.39 Å². The molecule has 2 rings (SSSR count). The summed E-state index contributed by atoms with van der Waals surface area (Å²) in [4.78, 5) is 4.13. The van der Waals surface area contributed by atoms with Crippen molar-refractivity contribution in [1.82, 2.24) is 4.98 Å². The molecule has 13 heavy (non-hydrogen) atoms. The Hall–Kier alpha value is -0.960. The van der Waals surface area contributed by atoms with E-state index in [0.717, 1.165) is 5.69 Å². The van der Waals surface area contributed by atoms with Gasteiger partial charge in [0.05, 0.1) is 0 Å². The second-order valence-electron chi connectivity index (χ2n) is 4.22. The van der Waals surface area contributed by atoms with Gasteiger partial charge < -0.3 is 5.73 Å². The lowest BCUT2D eigenvalue weighted by Crippen LogP contribution is -2.06. The summed E-state index contributed by atoms with van der Waals surface area (Å²) < 4.78 is 12.9. The highest BCUT2D eigenvalue weighted by Gasteiger charge is 2.57. The molecule has 1 saturated carbocycles. The predicted octanol–water partition coefficient (Wildman–Crippen LogP) is 1.67. The summed E-state index contributed by atoms with van der Waals surface area (Å²) in [6, 6.07) is 2.94. The van der Waals surface area contributed by atoms with E-state index in [0.29, 0.717) is 0 Å². The summed E-state index contributed by atoms with van der Waals surface area (Å²) in [5.41, 5.74) is 6.71. The summed E-state index contributed by atoms with van der Waals surface area (Å²) in [5, 5.41) is 0. The molecule has 1 aromatic rings. The van der Waals surface area contributed by atoms with E-state index in [1.807, 2.05) is 0 Å². The Bertz CT molecular complexity index is 335. The number of hydrogen-bond acceptors (Lipinski definition) is 2. The Labute approximate surface area is 77.0 Å². The van der Waals surface area contributed by atoms with Crippen molar-refractivity contribution in [2.45, 2.75) is 25.8 Å². The molecular formula is C10H13FN2. The van der Waals surface area contributed by atoms with Gasteiger partial charge in [-0.3, -0.25) is 4.98 Å². The molecule has 0 spiro atoms. The van der Waals surface area contributed by atoms with Crippen LogP contribution in [0.25, 0.3) is 0 Å². The van der Waals surface area contributed by atoms with Gasteiger partial charge in [0, 0.05) is 23.9 Å². The van der Waals surface area contributed by atoms with Gasteiger partial charge in [-0.2, -0.15) is 0 Å². The first-order chi connectivity index (χ1) is 6.03. The van der Waals surface area contributed by atoms with E-state index in [2.05, 4.69) is 18.8 Å². The molecule has 0 radical (unpaired) electrons. The standard InChI is InChI=1S/C10H13FN2/c1-10(2)8(9(10)12)7-5-6(11)3-4-13-7/h3-5,8-9H,12H2,1-2H3/t8-,9-/m1/s1. The van der Waals surface area contributed by atoms with E-state index in [1.54, 1.807) is 0 Å². The average Bonchev–Trinajstić information content (AvgIpc) is 2.51. The van der Waals surface area contributed by atoms with Gasteiger partial charge >= 0.3 is 0 Å². The highest BCUT2D eigenvalue weighted by Crippen LogP contribution is 2.56. The second kappa shape index (κ2) is 2.51. The molecule has 0 unspecified atom stereocenters. The Kier molecular flexibility index (Phi) is 1.67. The van der Waals surface area contributed by atoms with Crippen molar-refractivity contribution in [2.75, 3.05) is 0 Å². The van der Waals surface area contributed by atoms with Gasteiger partial charge in [-0.25, -0.2) is 4.39 Å². The van der Waals surface area contributed by atoms with Gasteiger partial charge in [0.25, 0.3) is 0 Å². The Morgan fingerprint density at radius 3 is 2.62 bits per heavy atom. The van der Waals surface area contributed by atoms with Crippen LogP contribution in [0, 0.1) is 11.2 Å². The number of hydrogen-bond donors (Lipinski definition) is 1. The summed E-state index contributed by atoms with van der Waals surface area (Å²) in [6.45, 7) is 4.16. The van der Waals surface area contributed by atoms with Gasteiger partial charge in [0.15, 0.2) is 0 Å². The van der Waals surface area contributed by atoms with Crippen molar-refractivity contribution in [2.24, 2.45) is 11.1 Å². The van der Waals surface area contributed by atoms with E-state index < -0.39 is 0 Å². The van der Waals surface area contributed by atoms with E-state index in [-0.39, 0.29) is 23.2 Å². The van der Waals surface area contributed by atoms with Crippen molar-refractivity contribution in [3.8, 4) is 0 Å². The highest BCUT2D eigenvalue weighted by atomic mass is 19.1. The third-order valence-corrected chi connectivity index (χ3v) is 2.97. The van der Waals surface area contributed by atoms with Gasteiger partial charge in [-0.15, -0.1) is 0 Å². The van der Waals surface area contributed by atoms with E-state index in [4.69, 9.17) is 5.73 Å². The molecule has 1 aliphatic carbocycles. The number of nitrogens with zero attached hydrogens (tertiary/aromatic N) is 1. The summed E-state index contributed by atoms with van der Waals surface area (Å²) in [5.74, 6) is -0.0249. The van der Waals surface area contributed by atoms with Crippen LogP contribution in [0.15, 0.2) is 18.3 Å². The van der Waals surface area contributed by atoms with Crippen LogP contribution in [0.1, 0.15) is 25.5 Å². The summed E-state index contributed by atoms with van der Waals surface area (Å²) >= 11 is 0. The van der Waals surface area contributed by atoms with Crippen LogP contribution < -0.4 is 5.73 Å². The molecule has 1 fully saturated rings. The van der Waals surface area contributed by atoms with E-state index >= 15 is 0 Å². The van der Waals surface area contributed by atoms with Crippen molar-refractivity contribution < 1.29 is 4.39 Å². The van der Waals surface area contributed by atoms with Crippen molar-refractivity contribution >= 4 is 0 Å². The van der Waals surface area contributed by atoms with Gasteiger partial charge in [0.2, 0.25) is 0 Å².